The van der Waals surface area contributed by atoms with Crippen LogP contribution >= 0.6 is 11.8 Å². The summed E-state index contributed by atoms with van der Waals surface area (Å²) >= 11 is 1.49. The summed E-state index contributed by atoms with van der Waals surface area (Å²) in [4.78, 5) is 11.0. The Labute approximate surface area is 103 Å². The number of carbonyl (C=O) groups is 1. The van der Waals surface area contributed by atoms with E-state index in [4.69, 9.17) is 5.84 Å². The van der Waals surface area contributed by atoms with Gasteiger partial charge in [-0.05, 0) is 23.3 Å². The third kappa shape index (κ3) is 3.16. The summed E-state index contributed by atoms with van der Waals surface area (Å²) in [6, 6.07) is 0.427. The molecule has 0 saturated heterocycles. The number of amides is 1. The van der Waals surface area contributed by atoms with Gasteiger partial charge in [0.2, 0.25) is 11.1 Å². The van der Waals surface area contributed by atoms with Gasteiger partial charge in [-0.1, -0.05) is 24.6 Å². The van der Waals surface area contributed by atoms with Gasteiger partial charge in [-0.15, -0.1) is 5.10 Å². The molecule has 8 heteroatoms. The van der Waals surface area contributed by atoms with Crippen LogP contribution in [-0.4, -0.2) is 31.9 Å². The summed E-state index contributed by atoms with van der Waals surface area (Å²) in [5.74, 6) is 5.47. The van der Waals surface area contributed by atoms with Gasteiger partial charge in [-0.25, -0.2) is 10.5 Å². The number of nitrogens with one attached hydrogen (secondary N) is 1. The van der Waals surface area contributed by atoms with Crippen molar-refractivity contribution in [2.75, 3.05) is 5.75 Å². The second kappa shape index (κ2) is 5.97. The molecule has 1 aliphatic carbocycles. The Hall–Kier alpha value is -1.15. The molecule has 1 amide bonds. The van der Waals surface area contributed by atoms with Crippen LogP contribution in [0.5, 0.6) is 0 Å². The van der Waals surface area contributed by atoms with E-state index >= 15 is 0 Å². The lowest BCUT2D eigenvalue weighted by Crippen LogP contribution is -2.30. The van der Waals surface area contributed by atoms with E-state index in [9.17, 15) is 4.79 Å². The number of nitrogens with zero attached hydrogens (tertiary/aromatic N) is 4. The molecule has 1 heterocycles. The van der Waals surface area contributed by atoms with E-state index in [1.54, 1.807) is 0 Å². The molecule has 0 spiro atoms. The number of thioether (sulfide) groups is 1. The Morgan fingerprint density at radius 2 is 2.29 bits per heavy atom. The van der Waals surface area contributed by atoms with Gasteiger partial charge >= 0.3 is 0 Å². The van der Waals surface area contributed by atoms with Gasteiger partial charge in [-0.3, -0.25) is 10.2 Å². The van der Waals surface area contributed by atoms with E-state index in [0.717, 1.165) is 18.0 Å². The third-order valence-corrected chi connectivity index (χ3v) is 3.79. The van der Waals surface area contributed by atoms with E-state index in [0.29, 0.717) is 18.2 Å². The Morgan fingerprint density at radius 1 is 1.53 bits per heavy atom. The first-order valence-corrected chi connectivity index (χ1v) is 6.70. The molecule has 0 bridgehead atoms. The minimum absolute atomic E-state index is 0.169. The minimum atomic E-state index is -0.169. The standard InChI is InChI=1S/C9H16N6OS/c10-11-8(16)5-6-17-9-12-13-14-15(9)7-3-1-2-4-7/h7H,1-6,10H2,(H,11,16). The van der Waals surface area contributed by atoms with Gasteiger partial charge < -0.3 is 0 Å². The predicted molar refractivity (Wildman–Crippen MR) is 63.0 cm³/mol. The predicted octanol–water partition coefficient (Wildman–Crippen LogP) is 0.260. The molecule has 0 unspecified atom stereocenters. The first kappa shape index (κ1) is 12.3. The number of hydrazine groups is 1. The quantitative estimate of drug-likeness (QED) is 0.339. The molecule has 94 valence electrons. The van der Waals surface area contributed by atoms with Crippen LogP contribution in [0.4, 0.5) is 0 Å². The molecule has 7 nitrogen and oxygen atoms in total. The molecule has 1 aromatic rings. The number of hydrogen-bond donors (Lipinski definition) is 2. The van der Waals surface area contributed by atoms with Crippen molar-refractivity contribution in [3.8, 4) is 0 Å². The number of carbonyl (C=O) groups excluding carboxylic acids is 1. The van der Waals surface area contributed by atoms with Crippen LogP contribution in [0.3, 0.4) is 0 Å². The maximum absolute atomic E-state index is 11.0. The van der Waals surface area contributed by atoms with E-state index in [1.807, 2.05) is 4.68 Å². The fraction of sp³-hybridized carbons (Fsp3) is 0.778. The Morgan fingerprint density at radius 3 is 3.00 bits per heavy atom. The van der Waals surface area contributed by atoms with Crippen LogP contribution in [0.25, 0.3) is 0 Å². The maximum atomic E-state index is 11.0. The van der Waals surface area contributed by atoms with Gasteiger partial charge in [0.05, 0.1) is 6.04 Å². The largest absolute Gasteiger partial charge is 0.294 e. The molecule has 0 atom stereocenters. The molecule has 1 saturated carbocycles. The fourth-order valence-corrected chi connectivity index (χ4v) is 2.85. The minimum Gasteiger partial charge on any atom is -0.294 e. The maximum Gasteiger partial charge on any atom is 0.234 e. The summed E-state index contributed by atoms with van der Waals surface area (Å²) < 4.78 is 1.89. The van der Waals surface area contributed by atoms with Crippen molar-refractivity contribution in [2.24, 2.45) is 5.84 Å². The van der Waals surface area contributed by atoms with E-state index < -0.39 is 0 Å². The van der Waals surface area contributed by atoms with Gasteiger partial charge in [0.1, 0.15) is 0 Å². The second-order valence-corrected chi connectivity index (χ2v) is 5.07. The molecular weight excluding hydrogens is 240 g/mol. The van der Waals surface area contributed by atoms with E-state index in [1.165, 1.54) is 24.6 Å². The normalized spacial score (nSPS) is 16.3. The van der Waals surface area contributed by atoms with Crippen LogP contribution < -0.4 is 11.3 Å². The van der Waals surface area contributed by atoms with Crippen molar-refractivity contribution in [1.29, 1.82) is 0 Å². The van der Waals surface area contributed by atoms with E-state index in [2.05, 4.69) is 21.0 Å². The highest BCUT2D eigenvalue weighted by Crippen LogP contribution is 2.31. The first-order chi connectivity index (χ1) is 8.31. The van der Waals surface area contributed by atoms with Gasteiger partial charge in [0.25, 0.3) is 0 Å². The van der Waals surface area contributed by atoms with Crippen molar-refractivity contribution in [2.45, 2.75) is 43.3 Å². The van der Waals surface area contributed by atoms with Gasteiger partial charge in [0, 0.05) is 12.2 Å². The van der Waals surface area contributed by atoms with Crippen molar-refractivity contribution < 1.29 is 4.79 Å². The zero-order valence-corrected chi connectivity index (χ0v) is 10.3. The van der Waals surface area contributed by atoms with Crippen molar-refractivity contribution in [1.82, 2.24) is 25.6 Å². The lowest BCUT2D eigenvalue weighted by atomic mass is 10.3. The Balaban J connectivity index is 1.88. The Bertz CT molecular complexity index is 375. The third-order valence-electron chi connectivity index (χ3n) is 2.85. The molecule has 1 aromatic heterocycles. The molecule has 17 heavy (non-hydrogen) atoms. The number of aromatic nitrogens is 4. The lowest BCUT2D eigenvalue weighted by Gasteiger charge is -2.10. The zero-order valence-electron chi connectivity index (χ0n) is 9.50. The molecular formula is C9H16N6OS. The summed E-state index contributed by atoms with van der Waals surface area (Å²) in [6.07, 6.45) is 5.14. The van der Waals surface area contributed by atoms with Crippen molar-refractivity contribution in [3.05, 3.63) is 0 Å². The van der Waals surface area contributed by atoms with Crippen LogP contribution in [0.1, 0.15) is 38.1 Å². The summed E-state index contributed by atoms with van der Waals surface area (Å²) in [6.45, 7) is 0. The molecule has 0 aliphatic heterocycles. The summed E-state index contributed by atoms with van der Waals surface area (Å²) in [7, 11) is 0. The highest BCUT2D eigenvalue weighted by atomic mass is 32.2. The molecule has 0 aromatic carbocycles. The lowest BCUT2D eigenvalue weighted by molar-refractivity contribution is -0.120. The Kier molecular flexibility index (Phi) is 4.32. The number of hydrogen-bond acceptors (Lipinski definition) is 6. The van der Waals surface area contributed by atoms with Crippen LogP contribution in [0.2, 0.25) is 0 Å². The fourth-order valence-electron chi connectivity index (χ4n) is 1.97. The topological polar surface area (TPSA) is 98.7 Å². The number of nitrogens with two attached hydrogens (primary N) is 1. The first-order valence-electron chi connectivity index (χ1n) is 5.71. The smallest absolute Gasteiger partial charge is 0.234 e. The van der Waals surface area contributed by atoms with Crippen LogP contribution in [0, 0.1) is 0 Å². The number of rotatable bonds is 5. The second-order valence-electron chi connectivity index (χ2n) is 4.01. The highest BCUT2D eigenvalue weighted by Gasteiger charge is 2.21. The van der Waals surface area contributed by atoms with E-state index in [-0.39, 0.29) is 5.91 Å². The average Bonchev–Trinajstić information content (AvgIpc) is 2.98. The molecule has 1 fully saturated rings. The van der Waals surface area contributed by atoms with Crippen LogP contribution in [-0.2, 0) is 4.79 Å². The van der Waals surface area contributed by atoms with Crippen molar-refractivity contribution in [3.63, 3.8) is 0 Å². The highest BCUT2D eigenvalue weighted by molar-refractivity contribution is 7.99. The summed E-state index contributed by atoms with van der Waals surface area (Å²) in [5.41, 5.74) is 2.10. The van der Waals surface area contributed by atoms with Gasteiger partial charge in [-0.2, -0.15) is 0 Å². The summed E-state index contributed by atoms with van der Waals surface area (Å²) in [5, 5.41) is 12.5. The molecule has 1 aliphatic rings. The SMILES string of the molecule is NNC(=O)CCSc1nnnn1C1CCCC1. The molecule has 2 rings (SSSR count). The number of tetrazole rings is 1. The molecule has 3 N–H and O–H groups in total. The molecule has 0 radical (unpaired) electrons. The van der Waals surface area contributed by atoms with Crippen molar-refractivity contribution >= 4 is 17.7 Å². The zero-order chi connectivity index (χ0) is 12.1. The van der Waals surface area contributed by atoms with Gasteiger partial charge in [0.15, 0.2) is 0 Å². The monoisotopic (exact) mass is 256 g/mol. The van der Waals surface area contributed by atoms with Crippen LogP contribution in [0.15, 0.2) is 5.16 Å². The average molecular weight is 256 g/mol.